The molecule has 5 nitrogen and oxygen atoms in total. The Labute approximate surface area is 95.2 Å². The summed E-state index contributed by atoms with van der Waals surface area (Å²) in [6, 6.07) is 0. The van der Waals surface area contributed by atoms with E-state index in [2.05, 4.69) is 15.3 Å². The Morgan fingerprint density at radius 3 is 3.12 bits per heavy atom. The maximum absolute atomic E-state index is 5.53. The topological polar surface area (TPSA) is 56.3 Å². The van der Waals surface area contributed by atoms with Crippen LogP contribution < -0.4 is 10.1 Å². The molecule has 1 fully saturated rings. The second-order valence-electron chi connectivity index (χ2n) is 3.87. The predicted octanol–water partition coefficient (Wildman–Crippen LogP) is 1.38. The third kappa shape index (κ3) is 2.41. The van der Waals surface area contributed by atoms with E-state index in [0.717, 1.165) is 37.4 Å². The van der Waals surface area contributed by atoms with Gasteiger partial charge in [-0.2, -0.15) is 0 Å². The Hall–Kier alpha value is -1.36. The first-order valence-corrected chi connectivity index (χ1v) is 5.52. The molecule has 2 heterocycles. The molecule has 0 saturated carbocycles. The Balaban J connectivity index is 1.97. The van der Waals surface area contributed by atoms with Gasteiger partial charge in [0, 0.05) is 13.2 Å². The van der Waals surface area contributed by atoms with E-state index in [9.17, 15) is 0 Å². The molecule has 88 valence electrons. The average molecular weight is 223 g/mol. The van der Waals surface area contributed by atoms with Gasteiger partial charge in [0.25, 0.3) is 0 Å². The normalized spacial score (nSPS) is 19.8. The first kappa shape index (κ1) is 11.1. The van der Waals surface area contributed by atoms with Crippen molar-refractivity contribution in [1.29, 1.82) is 0 Å². The molecule has 1 atom stereocenters. The van der Waals surface area contributed by atoms with Crippen LogP contribution in [0.3, 0.4) is 0 Å². The molecule has 2 rings (SSSR count). The fraction of sp³-hybridized carbons (Fsp3) is 0.636. The summed E-state index contributed by atoms with van der Waals surface area (Å²) >= 11 is 0. The number of rotatable bonds is 4. The van der Waals surface area contributed by atoms with Crippen molar-refractivity contribution in [2.45, 2.75) is 25.9 Å². The highest BCUT2D eigenvalue weighted by Gasteiger charge is 2.16. The minimum absolute atomic E-state index is 0.306. The van der Waals surface area contributed by atoms with Crippen molar-refractivity contribution in [3.05, 3.63) is 11.9 Å². The molecule has 0 radical (unpaired) electrons. The first-order chi connectivity index (χ1) is 7.81. The van der Waals surface area contributed by atoms with Crippen molar-refractivity contribution in [1.82, 2.24) is 9.97 Å². The standard InChI is InChI=1S/C11H17N3O2/c1-8-10(13-7-14-11(8)15-2)12-6-9-4-3-5-16-9/h7,9H,3-6H2,1-2H3,(H,12,13,14). The molecular weight excluding hydrogens is 206 g/mol. The third-order valence-corrected chi connectivity index (χ3v) is 2.75. The van der Waals surface area contributed by atoms with Gasteiger partial charge in [-0.1, -0.05) is 0 Å². The summed E-state index contributed by atoms with van der Waals surface area (Å²) in [4.78, 5) is 8.22. The summed E-state index contributed by atoms with van der Waals surface area (Å²) in [6.07, 6.45) is 4.08. The number of aromatic nitrogens is 2. The SMILES string of the molecule is COc1ncnc(NCC2CCCO2)c1C. The van der Waals surface area contributed by atoms with E-state index in [1.54, 1.807) is 7.11 Å². The van der Waals surface area contributed by atoms with E-state index in [-0.39, 0.29) is 0 Å². The molecule has 1 aromatic rings. The number of nitrogens with zero attached hydrogens (tertiary/aromatic N) is 2. The summed E-state index contributed by atoms with van der Waals surface area (Å²) in [7, 11) is 1.61. The number of hydrogen-bond acceptors (Lipinski definition) is 5. The largest absolute Gasteiger partial charge is 0.481 e. The molecule has 1 saturated heterocycles. The van der Waals surface area contributed by atoms with Crippen molar-refractivity contribution in [2.24, 2.45) is 0 Å². The maximum Gasteiger partial charge on any atom is 0.221 e. The van der Waals surface area contributed by atoms with Crippen LogP contribution in [0.15, 0.2) is 6.33 Å². The Morgan fingerprint density at radius 1 is 1.56 bits per heavy atom. The lowest BCUT2D eigenvalue weighted by molar-refractivity contribution is 0.120. The molecule has 0 bridgehead atoms. The van der Waals surface area contributed by atoms with Crippen molar-refractivity contribution in [3.8, 4) is 5.88 Å². The number of nitrogens with one attached hydrogen (secondary N) is 1. The van der Waals surface area contributed by atoms with Crippen LogP contribution in [-0.4, -0.2) is 36.3 Å². The summed E-state index contributed by atoms with van der Waals surface area (Å²) in [5.41, 5.74) is 0.933. The summed E-state index contributed by atoms with van der Waals surface area (Å²) in [6.45, 7) is 3.61. The van der Waals surface area contributed by atoms with Crippen molar-refractivity contribution in [2.75, 3.05) is 25.6 Å². The average Bonchev–Trinajstić information content (AvgIpc) is 2.81. The molecule has 5 heteroatoms. The number of ether oxygens (including phenoxy) is 2. The molecule has 16 heavy (non-hydrogen) atoms. The molecule has 1 unspecified atom stereocenters. The monoisotopic (exact) mass is 223 g/mol. The minimum Gasteiger partial charge on any atom is -0.481 e. The van der Waals surface area contributed by atoms with Crippen LogP contribution in [0.25, 0.3) is 0 Å². The summed E-state index contributed by atoms with van der Waals surface area (Å²) in [5.74, 6) is 1.44. The van der Waals surface area contributed by atoms with E-state index in [0.29, 0.717) is 12.0 Å². The van der Waals surface area contributed by atoms with Gasteiger partial charge in [0.05, 0.1) is 18.8 Å². The molecule has 1 N–H and O–H groups in total. The van der Waals surface area contributed by atoms with Crippen LogP contribution in [0, 0.1) is 6.92 Å². The molecule has 0 aliphatic carbocycles. The van der Waals surface area contributed by atoms with E-state index < -0.39 is 0 Å². The zero-order valence-corrected chi connectivity index (χ0v) is 9.69. The lowest BCUT2D eigenvalue weighted by atomic mass is 10.2. The maximum atomic E-state index is 5.53. The van der Waals surface area contributed by atoms with Gasteiger partial charge in [0.15, 0.2) is 0 Å². The Morgan fingerprint density at radius 2 is 2.44 bits per heavy atom. The lowest BCUT2D eigenvalue weighted by Crippen LogP contribution is -2.19. The van der Waals surface area contributed by atoms with E-state index in [1.165, 1.54) is 6.33 Å². The fourth-order valence-corrected chi connectivity index (χ4v) is 1.83. The van der Waals surface area contributed by atoms with E-state index in [4.69, 9.17) is 9.47 Å². The molecule has 1 aromatic heterocycles. The Kier molecular flexibility index (Phi) is 3.56. The van der Waals surface area contributed by atoms with Crippen LogP contribution in [0.5, 0.6) is 5.88 Å². The number of methoxy groups -OCH3 is 1. The molecule has 0 spiro atoms. The fourth-order valence-electron chi connectivity index (χ4n) is 1.83. The van der Waals surface area contributed by atoms with Gasteiger partial charge >= 0.3 is 0 Å². The van der Waals surface area contributed by atoms with Gasteiger partial charge in [0.1, 0.15) is 12.1 Å². The molecule has 1 aliphatic heterocycles. The molecule has 1 aliphatic rings. The summed E-state index contributed by atoms with van der Waals surface area (Å²) in [5, 5.41) is 3.27. The predicted molar refractivity (Wildman–Crippen MR) is 60.8 cm³/mol. The molecular formula is C11H17N3O2. The van der Waals surface area contributed by atoms with Gasteiger partial charge in [-0.3, -0.25) is 0 Å². The van der Waals surface area contributed by atoms with Gasteiger partial charge in [-0.05, 0) is 19.8 Å². The lowest BCUT2D eigenvalue weighted by Gasteiger charge is -2.13. The number of hydrogen-bond donors (Lipinski definition) is 1. The van der Waals surface area contributed by atoms with E-state index >= 15 is 0 Å². The number of anilines is 1. The van der Waals surface area contributed by atoms with Gasteiger partial charge in [-0.25, -0.2) is 9.97 Å². The smallest absolute Gasteiger partial charge is 0.221 e. The zero-order chi connectivity index (χ0) is 11.4. The zero-order valence-electron chi connectivity index (χ0n) is 9.69. The van der Waals surface area contributed by atoms with Crippen LogP contribution in [0.1, 0.15) is 18.4 Å². The summed E-state index contributed by atoms with van der Waals surface area (Å²) < 4.78 is 10.7. The second-order valence-corrected chi connectivity index (χ2v) is 3.87. The second kappa shape index (κ2) is 5.12. The van der Waals surface area contributed by atoms with Crippen LogP contribution >= 0.6 is 0 Å². The highest BCUT2D eigenvalue weighted by atomic mass is 16.5. The molecule has 0 aromatic carbocycles. The quantitative estimate of drug-likeness (QED) is 0.835. The van der Waals surface area contributed by atoms with Gasteiger partial charge < -0.3 is 14.8 Å². The van der Waals surface area contributed by atoms with Gasteiger partial charge in [-0.15, -0.1) is 0 Å². The van der Waals surface area contributed by atoms with Crippen molar-refractivity contribution < 1.29 is 9.47 Å². The van der Waals surface area contributed by atoms with E-state index in [1.807, 2.05) is 6.92 Å². The van der Waals surface area contributed by atoms with Crippen molar-refractivity contribution in [3.63, 3.8) is 0 Å². The Bertz CT molecular complexity index is 351. The van der Waals surface area contributed by atoms with Gasteiger partial charge in [0.2, 0.25) is 5.88 Å². The van der Waals surface area contributed by atoms with Crippen LogP contribution in [0.4, 0.5) is 5.82 Å². The highest BCUT2D eigenvalue weighted by molar-refractivity contribution is 5.47. The first-order valence-electron chi connectivity index (χ1n) is 5.52. The van der Waals surface area contributed by atoms with Crippen LogP contribution in [-0.2, 0) is 4.74 Å². The third-order valence-electron chi connectivity index (χ3n) is 2.75. The van der Waals surface area contributed by atoms with Crippen LogP contribution in [0.2, 0.25) is 0 Å². The highest BCUT2D eigenvalue weighted by Crippen LogP contribution is 2.20. The van der Waals surface area contributed by atoms with Crippen molar-refractivity contribution >= 4 is 5.82 Å². The molecule has 0 amide bonds. The minimum atomic E-state index is 0.306.